The Morgan fingerprint density at radius 2 is 1.56 bits per heavy atom. The highest BCUT2D eigenvalue weighted by atomic mass is 79.9. The van der Waals surface area contributed by atoms with Crippen molar-refractivity contribution in [3.8, 4) is 5.75 Å². The average Bonchev–Trinajstić information content (AvgIpc) is 2.80. The first kappa shape index (κ1) is 21.7. The Kier molecular flexibility index (Phi) is 6.34. The standard InChI is InChI=1S/C24H17BrN2O4S/c25-23-8-4-3-7-22(23)24(28)27-26-16-17-9-12-20(13-10-17)31-32(29,30)21-14-11-18-5-1-2-6-19(18)15-21/h1-16H,(H,27,28)/b26-16-. The van der Waals surface area contributed by atoms with Gasteiger partial charge in [0, 0.05) is 4.47 Å². The summed E-state index contributed by atoms with van der Waals surface area (Å²) in [4.78, 5) is 12.2. The van der Waals surface area contributed by atoms with E-state index >= 15 is 0 Å². The molecule has 0 saturated carbocycles. The zero-order valence-electron chi connectivity index (χ0n) is 16.6. The van der Waals surface area contributed by atoms with Crippen LogP contribution in [0.2, 0.25) is 0 Å². The second kappa shape index (κ2) is 9.33. The fourth-order valence-electron chi connectivity index (χ4n) is 2.98. The number of fused-ring (bicyclic) bond motifs is 1. The van der Waals surface area contributed by atoms with Crippen molar-refractivity contribution in [1.82, 2.24) is 5.43 Å². The Morgan fingerprint density at radius 1 is 0.875 bits per heavy atom. The normalized spacial score (nSPS) is 11.5. The smallest absolute Gasteiger partial charge is 0.339 e. The van der Waals surface area contributed by atoms with Gasteiger partial charge in [0.15, 0.2) is 0 Å². The van der Waals surface area contributed by atoms with Crippen LogP contribution >= 0.6 is 15.9 Å². The van der Waals surface area contributed by atoms with E-state index in [4.69, 9.17) is 4.18 Å². The van der Waals surface area contributed by atoms with E-state index in [0.29, 0.717) is 15.6 Å². The second-order valence-electron chi connectivity index (χ2n) is 6.79. The van der Waals surface area contributed by atoms with E-state index < -0.39 is 10.1 Å². The van der Waals surface area contributed by atoms with Crippen molar-refractivity contribution in [3.63, 3.8) is 0 Å². The SMILES string of the molecule is O=C(N/N=C\c1ccc(OS(=O)(=O)c2ccc3ccccc3c2)cc1)c1ccccc1Br. The van der Waals surface area contributed by atoms with E-state index in [0.717, 1.165) is 10.8 Å². The third kappa shape index (κ3) is 5.04. The van der Waals surface area contributed by atoms with Gasteiger partial charge in [-0.05, 0) is 80.8 Å². The molecule has 160 valence electrons. The van der Waals surface area contributed by atoms with Crippen molar-refractivity contribution in [1.29, 1.82) is 0 Å². The molecule has 0 aliphatic carbocycles. The number of halogens is 1. The lowest BCUT2D eigenvalue weighted by atomic mass is 10.1. The molecule has 1 N–H and O–H groups in total. The molecule has 0 fully saturated rings. The first-order valence-corrected chi connectivity index (χ1v) is 11.7. The number of rotatable bonds is 6. The molecule has 0 saturated heterocycles. The van der Waals surface area contributed by atoms with Crippen molar-refractivity contribution in [2.45, 2.75) is 4.90 Å². The lowest BCUT2D eigenvalue weighted by molar-refractivity contribution is 0.0954. The monoisotopic (exact) mass is 508 g/mol. The molecule has 0 atom stereocenters. The van der Waals surface area contributed by atoms with Crippen LogP contribution in [0.5, 0.6) is 5.75 Å². The molecule has 0 aliphatic heterocycles. The number of hydrogen-bond donors (Lipinski definition) is 1. The van der Waals surface area contributed by atoms with Crippen molar-refractivity contribution in [2.75, 3.05) is 0 Å². The number of hydrazone groups is 1. The summed E-state index contributed by atoms with van der Waals surface area (Å²) in [6.07, 6.45) is 1.45. The molecule has 0 aliphatic rings. The van der Waals surface area contributed by atoms with Crippen LogP contribution in [0.25, 0.3) is 10.8 Å². The Balaban J connectivity index is 1.42. The first-order valence-electron chi connectivity index (χ1n) is 9.54. The Bertz CT molecular complexity index is 1420. The molecule has 0 radical (unpaired) electrons. The molecule has 4 aromatic rings. The van der Waals surface area contributed by atoms with Crippen LogP contribution in [0.1, 0.15) is 15.9 Å². The topological polar surface area (TPSA) is 84.8 Å². The van der Waals surface area contributed by atoms with Crippen LogP contribution in [0.4, 0.5) is 0 Å². The van der Waals surface area contributed by atoms with Crippen molar-refractivity contribution < 1.29 is 17.4 Å². The van der Waals surface area contributed by atoms with E-state index in [-0.39, 0.29) is 16.6 Å². The molecule has 8 heteroatoms. The summed E-state index contributed by atoms with van der Waals surface area (Å²) in [5, 5.41) is 5.69. The van der Waals surface area contributed by atoms with Gasteiger partial charge in [-0.25, -0.2) is 5.43 Å². The van der Waals surface area contributed by atoms with Crippen LogP contribution < -0.4 is 9.61 Å². The first-order chi connectivity index (χ1) is 15.4. The third-order valence-electron chi connectivity index (χ3n) is 4.59. The van der Waals surface area contributed by atoms with Crippen molar-refractivity contribution in [3.05, 3.63) is 107 Å². The number of carbonyl (C=O) groups is 1. The minimum atomic E-state index is -3.98. The van der Waals surface area contributed by atoms with E-state index in [1.54, 1.807) is 42.5 Å². The summed E-state index contributed by atoms with van der Waals surface area (Å²) in [7, 11) is -3.98. The van der Waals surface area contributed by atoms with Crippen LogP contribution in [-0.2, 0) is 10.1 Å². The van der Waals surface area contributed by atoms with Crippen LogP contribution in [-0.4, -0.2) is 20.5 Å². The summed E-state index contributed by atoms with van der Waals surface area (Å²) in [5.74, 6) is -0.178. The summed E-state index contributed by atoms with van der Waals surface area (Å²) >= 11 is 3.32. The largest absolute Gasteiger partial charge is 0.379 e. The van der Waals surface area contributed by atoms with Gasteiger partial charge in [-0.15, -0.1) is 0 Å². The van der Waals surface area contributed by atoms with Gasteiger partial charge < -0.3 is 4.18 Å². The van der Waals surface area contributed by atoms with Crippen LogP contribution in [0.3, 0.4) is 0 Å². The highest BCUT2D eigenvalue weighted by molar-refractivity contribution is 9.10. The number of nitrogens with one attached hydrogen (secondary N) is 1. The lowest BCUT2D eigenvalue weighted by Crippen LogP contribution is -2.18. The molecule has 1 amide bonds. The molecule has 0 aromatic heterocycles. The maximum Gasteiger partial charge on any atom is 0.339 e. The number of carbonyl (C=O) groups excluding carboxylic acids is 1. The van der Waals surface area contributed by atoms with Gasteiger partial charge in [0.1, 0.15) is 10.6 Å². The van der Waals surface area contributed by atoms with Gasteiger partial charge in [0.05, 0.1) is 11.8 Å². The number of nitrogens with zero attached hydrogens (tertiary/aromatic N) is 1. The van der Waals surface area contributed by atoms with Gasteiger partial charge >= 0.3 is 10.1 Å². The lowest BCUT2D eigenvalue weighted by Gasteiger charge is -2.08. The highest BCUT2D eigenvalue weighted by Gasteiger charge is 2.17. The molecule has 0 bridgehead atoms. The Morgan fingerprint density at radius 3 is 2.31 bits per heavy atom. The average molecular weight is 509 g/mol. The van der Waals surface area contributed by atoms with E-state index in [9.17, 15) is 13.2 Å². The molecule has 0 spiro atoms. The molecule has 0 unspecified atom stereocenters. The van der Waals surface area contributed by atoms with Crippen molar-refractivity contribution in [2.24, 2.45) is 5.10 Å². The van der Waals surface area contributed by atoms with E-state index in [2.05, 4.69) is 26.5 Å². The number of amides is 1. The highest BCUT2D eigenvalue weighted by Crippen LogP contribution is 2.23. The van der Waals surface area contributed by atoms with Crippen LogP contribution in [0.15, 0.2) is 105 Å². The minimum Gasteiger partial charge on any atom is -0.379 e. The molecule has 32 heavy (non-hydrogen) atoms. The molecule has 0 heterocycles. The van der Waals surface area contributed by atoms with E-state index in [1.165, 1.54) is 24.4 Å². The maximum absolute atomic E-state index is 12.6. The number of hydrogen-bond acceptors (Lipinski definition) is 5. The maximum atomic E-state index is 12.6. The fraction of sp³-hybridized carbons (Fsp3) is 0. The van der Waals surface area contributed by atoms with Crippen LogP contribution in [0, 0.1) is 0 Å². The van der Waals surface area contributed by atoms with E-state index in [1.807, 2.05) is 30.3 Å². The predicted octanol–water partition coefficient (Wildman–Crippen LogP) is 5.13. The Hall–Kier alpha value is -3.49. The number of benzene rings is 4. The Labute approximate surface area is 193 Å². The van der Waals surface area contributed by atoms with Crippen molar-refractivity contribution >= 4 is 48.9 Å². The molecule has 6 nitrogen and oxygen atoms in total. The third-order valence-corrected chi connectivity index (χ3v) is 6.53. The van der Waals surface area contributed by atoms with Gasteiger partial charge in [0.25, 0.3) is 5.91 Å². The van der Waals surface area contributed by atoms with Gasteiger partial charge in [-0.3, -0.25) is 4.79 Å². The van der Waals surface area contributed by atoms with Gasteiger partial charge in [-0.2, -0.15) is 13.5 Å². The quantitative estimate of drug-likeness (QED) is 0.222. The summed E-state index contributed by atoms with van der Waals surface area (Å²) in [5.41, 5.74) is 3.58. The zero-order chi connectivity index (χ0) is 22.6. The van der Waals surface area contributed by atoms with Gasteiger partial charge in [-0.1, -0.05) is 42.5 Å². The summed E-state index contributed by atoms with van der Waals surface area (Å²) in [6.45, 7) is 0. The molecular formula is C24H17BrN2O4S. The fourth-order valence-corrected chi connectivity index (χ4v) is 4.41. The molecule has 4 aromatic carbocycles. The summed E-state index contributed by atoms with van der Waals surface area (Å²) in [6, 6.07) is 25.7. The zero-order valence-corrected chi connectivity index (χ0v) is 19.0. The molecular weight excluding hydrogens is 492 g/mol. The summed E-state index contributed by atoms with van der Waals surface area (Å²) < 4.78 is 31.2. The molecule has 4 rings (SSSR count). The second-order valence-corrected chi connectivity index (χ2v) is 9.20. The minimum absolute atomic E-state index is 0.0802. The van der Waals surface area contributed by atoms with Gasteiger partial charge in [0.2, 0.25) is 0 Å². The predicted molar refractivity (Wildman–Crippen MR) is 127 cm³/mol.